The van der Waals surface area contributed by atoms with Crippen molar-refractivity contribution in [3.05, 3.63) is 71.1 Å². The van der Waals surface area contributed by atoms with Crippen molar-refractivity contribution in [1.29, 1.82) is 0 Å². The van der Waals surface area contributed by atoms with Crippen LogP contribution in [0.25, 0.3) is 11.4 Å². The molecule has 0 aliphatic rings. The van der Waals surface area contributed by atoms with Gasteiger partial charge in [-0.3, -0.25) is 0 Å². The lowest BCUT2D eigenvalue weighted by Crippen LogP contribution is -2.39. The number of benzene rings is 2. The number of ether oxygens (including phenoxy) is 1. The molecular formula is C21H25ClIN5O2. The SMILES string of the molecule is CCNC(=NCc1nc(-c2ccc(Cl)cc2)no1)NCCOCc1ccccc1.I. The molecule has 9 heteroatoms. The first-order valence-corrected chi connectivity index (χ1v) is 9.85. The molecule has 160 valence electrons. The van der Waals surface area contributed by atoms with E-state index in [1.165, 1.54) is 0 Å². The minimum absolute atomic E-state index is 0. The van der Waals surface area contributed by atoms with Gasteiger partial charge in [-0.1, -0.05) is 47.1 Å². The molecule has 3 rings (SSSR count). The van der Waals surface area contributed by atoms with Crippen molar-refractivity contribution < 1.29 is 9.26 Å². The van der Waals surface area contributed by atoms with E-state index in [1.807, 2.05) is 49.4 Å². The number of aromatic nitrogens is 2. The Bertz CT molecular complexity index is 903. The molecule has 0 atom stereocenters. The van der Waals surface area contributed by atoms with E-state index in [2.05, 4.69) is 25.8 Å². The van der Waals surface area contributed by atoms with E-state index in [1.54, 1.807) is 12.1 Å². The summed E-state index contributed by atoms with van der Waals surface area (Å²) < 4.78 is 11.0. The Balaban J connectivity index is 0.00000320. The Morgan fingerprint density at radius 1 is 1.10 bits per heavy atom. The summed E-state index contributed by atoms with van der Waals surface area (Å²) in [4.78, 5) is 8.86. The highest BCUT2D eigenvalue weighted by atomic mass is 127. The average molecular weight is 542 g/mol. The second-order valence-corrected chi connectivity index (χ2v) is 6.62. The summed E-state index contributed by atoms with van der Waals surface area (Å²) in [5.41, 5.74) is 2.00. The van der Waals surface area contributed by atoms with Gasteiger partial charge in [0.05, 0.1) is 13.2 Å². The van der Waals surface area contributed by atoms with Crippen molar-refractivity contribution in [3.8, 4) is 11.4 Å². The highest BCUT2D eigenvalue weighted by Crippen LogP contribution is 2.18. The standard InChI is InChI=1S/C21H24ClN5O2.HI/c1-2-23-21(24-12-13-28-15-16-6-4-3-5-7-16)25-14-19-26-20(27-29-19)17-8-10-18(22)11-9-17;/h3-11H,2,12-15H2,1H3,(H2,23,24,25);1H. The van der Waals surface area contributed by atoms with Gasteiger partial charge in [0.25, 0.3) is 0 Å². The Hall–Kier alpha value is -2.17. The Morgan fingerprint density at radius 3 is 2.60 bits per heavy atom. The van der Waals surface area contributed by atoms with Gasteiger partial charge in [0.2, 0.25) is 11.7 Å². The van der Waals surface area contributed by atoms with Gasteiger partial charge in [-0.2, -0.15) is 4.98 Å². The normalized spacial score (nSPS) is 11.1. The summed E-state index contributed by atoms with van der Waals surface area (Å²) in [5, 5.41) is 11.1. The fourth-order valence-electron chi connectivity index (χ4n) is 2.53. The molecule has 7 nitrogen and oxygen atoms in total. The minimum Gasteiger partial charge on any atom is -0.375 e. The first-order chi connectivity index (χ1) is 14.2. The number of guanidine groups is 1. The molecule has 1 heterocycles. The zero-order valence-electron chi connectivity index (χ0n) is 16.7. The molecule has 0 saturated heterocycles. The third-order valence-corrected chi connectivity index (χ3v) is 4.19. The van der Waals surface area contributed by atoms with Gasteiger partial charge in [0.15, 0.2) is 5.96 Å². The van der Waals surface area contributed by atoms with Crippen LogP contribution in [-0.2, 0) is 17.9 Å². The molecule has 30 heavy (non-hydrogen) atoms. The van der Waals surface area contributed by atoms with Crippen molar-refractivity contribution in [1.82, 2.24) is 20.8 Å². The van der Waals surface area contributed by atoms with Crippen molar-refractivity contribution in [2.24, 2.45) is 4.99 Å². The molecule has 0 aliphatic heterocycles. The summed E-state index contributed by atoms with van der Waals surface area (Å²) in [6, 6.07) is 17.4. The van der Waals surface area contributed by atoms with Crippen molar-refractivity contribution in [3.63, 3.8) is 0 Å². The van der Waals surface area contributed by atoms with E-state index in [0.717, 1.165) is 17.7 Å². The maximum Gasteiger partial charge on any atom is 0.248 e. The van der Waals surface area contributed by atoms with E-state index < -0.39 is 0 Å². The molecule has 2 aromatic carbocycles. The Morgan fingerprint density at radius 2 is 1.87 bits per heavy atom. The third-order valence-electron chi connectivity index (χ3n) is 3.94. The molecule has 1 aromatic heterocycles. The summed E-state index contributed by atoms with van der Waals surface area (Å²) in [5.74, 6) is 1.62. The van der Waals surface area contributed by atoms with Crippen LogP contribution >= 0.6 is 35.6 Å². The Kier molecular flexibility index (Phi) is 10.6. The van der Waals surface area contributed by atoms with E-state index in [0.29, 0.717) is 42.5 Å². The second kappa shape index (κ2) is 13.2. The van der Waals surface area contributed by atoms with Gasteiger partial charge in [-0.15, -0.1) is 24.0 Å². The van der Waals surface area contributed by atoms with Crippen LogP contribution in [0.3, 0.4) is 0 Å². The van der Waals surface area contributed by atoms with Gasteiger partial charge >= 0.3 is 0 Å². The summed E-state index contributed by atoms with van der Waals surface area (Å²) in [6.45, 7) is 4.83. The highest BCUT2D eigenvalue weighted by Gasteiger charge is 2.08. The smallest absolute Gasteiger partial charge is 0.248 e. The topological polar surface area (TPSA) is 84.6 Å². The zero-order valence-corrected chi connectivity index (χ0v) is 19.8. The van der Waals surface area contributed by atoms with Crippen LogP contribution in [0.1, 0.15) is 18.4 Å². The number of hydrogen-bond acceptors (Lipinski definition) is 5. The predicted octanol–water partition coefficient (Wildman–Crippen LogP) is 4.28. The van der Waals surface area contributed by atoms with Crippen LogP contribution in [-0.4, -0.2) is 35.8 Å². The van der Waals surface area contributed by atoms with E-state index in [9.17, 15) is 0 Å². The van der Waals surface area contributed by atoms with Crippen LogP contribution in [0.15, 0.2) is 64.1 Å². The van der Waals surface area contributed by atoms with Crippen LogP contribution in [0.2, 0.25) is 5.02 Å². The largest absolute Gasteiger partial charge is 0.375 e. The molecule has 3 aromatic rings. The maximum atomic E-state index is 5.91. The predicted molar refractivity (Wildman–Crippen MR) is 129 cm³/mol. The van der Waals surface area contributed by atoms with Gasteiger partial charge in [-0.05, 0) is 36.8 Å². The molecule has 0 radical (unpaired) electrons. The number of nitrogens with zero attached hydrogens (tertiary/aromatic N) is 3. The first-order valence-electron chi connectivity index (χ1n) is 9.47. The van der Waals surface area contributed by atoms with Crippen LogP contribution in [0, 0.1) is 0 Å². The third kappa shape index (κ3) is 7.92. The highest BCUT2D eigenvalue weighted by molar-refractivity contribution is 14.0. The Labute approximate surface area is 198 Å². The molecule has 0 spiro atoms. The molecule has 0 aliphatic carbocycles. The molecule has 2 N–H and O–H groups in total. The molecule has 0 fully saturated rings. The van der Waals surface area contributed by atoms with E-state index >= 15 is 0 Å². The first kappa shape index (κ1) is 24.1. The van der Waals surface area contributed by atoms with Crippen molar-refractivity contribution in [2.75, 3.05) is 19.7 Å². The second-order valence-electron chi connectivity index (χ2n) is 6.18. The van der Waals surface area contributed by atoms with Gasteiger partial charge in [0, 0.05) is 23.7 Å². The fourth-order valence-corrected chi connectivity index (χ4v) is 2.66. The number of hydrogen-bond donors (Lipinski definition) is 2. The molecule has 0 amide bonds. The van der Waals surface area contributed by atoms with E-state index in [4.69, 9.17) is 20.9 Å². The summed E-state index contributed by atoms with van der Waals surface area (Å²) in [6.07, 6.45) is 0. The van der Waals surface area contributed by atoms with Crippen LogP contribution < -0.4 is 10.6 Å². The molecule has 0 unspecified atom stereocenters. The van der Waals surface area contributed by atoms with E-state index in [-0.39, 0.29) is 30.5 Å². The van der Waals surface area contributed by atoms with Gasteiger partial charge < -0.3 is 19.9 Å². The molecule has 0 bridgehead atoms. The zero-order chi connectivity index (χ0) is 20.3. The molecular weight excluding hydrogens is 517 g/mol. The number of aliphatic imine (C=N–C) groups is 1. The van der Waals surface area contributed by atoms with Crippen molar-refractivity contribution >= 4 is 41.5 Å². The van der Waals surface area contributed by atoms with Crippen LogP contribution in [0.4, 0.5) is 0 Å². The number of nitrogens with one attached hydrogen (secondary N) is 2. The lowest BCUT2D eigenvalue weighted by atomic mass is 10.2. The van der Waals surface area contributed by atoms with Crippen LogP contribution in [0.5, 0.6) is 0 Å². The quantitative estimate of drug-likeness (QED) is 0.182. The number of halogens is 2. The average Bonchev–Trinajstić information content (AvgIpc) is 3.22. The minimum atomic E-state index is 0. The summed E-state index contributed by atoms with van der Waals surface area (Å²) >= 11 is 5.91. The fraction of sp³-hybridized carbons (Fsp3) is 0.286. The van der Waals surface area contributed by atoms with Gasteiger partial charge in [0.1, 0.15) is 6.54 Å². The van der Waals surface area contributed by atoms with Crippen molar-refractivity contribution in [2.45, 2.75) is 20.1 Å². The van der Waals surface area contributed by atoms with Gasteiger partial charge in [-0.25, -0.2) is 4.99 Å². The lowest BCUT2D eigenvalue weighted by Gasteiger charge is -2.11. The summed E-state index contributed by atoms with van der Waals surface area (Å²) in [7, 11) is 0. The molecule has 0 saturated carbocycles. The lowest BCUT2D eigenvalue weighted by molar-refractivity contribution is 0.125. The maximum absolute atomic E-state index is 5.91. The number of rotatable bonds is 9. The monoisotopic (exact) mass is 541 g/mol.